The highest BCUT2D eigenvalue weighted by Crippen LogP contribution is 2.14. The summed E-state index contributed by atoms with van der Waals surface area (Å²) in [5, 5.41) is 6.23. The lowest BCUT2D eigenvalue weighted by Crippen LogP contribution is -2.51. The molecule has 0 atom stereocenters. The number of rotatable bonds is 2. The summed E-state index contributed by atoms with van der Waals surface area (Å²) in [5.74, 6) is -0.176. The lowest BCUT2D eigenvalue weighted by molar-refractivity contribution is 0.469. The average molecular weight is 168 g/mol. The normalized spacial score (nSPS) is 17.1. The van der Waals surface area contributed by atoms with Crippen LogP contribution in [0.3, 0.4) is 0 Å². The minimum atomic E-state index is -0.176. The molecule has 12 heavy (non-hydrogen) atoms. The molecule has 1 saturated heterocycles. The standard InChI is InChI=1S/C9H11FN2.H2/c10-8-3-1-2-4-9(8)12-7-5-11-6-7;/h1-4,7,11-12H,5-6H2;1H. The predicted octanol–water partition coefficient (Wildman–Crippen LogP) is 1.46. The maximum atomic E-state index is 13.0. The van der Waals surface area contributed by atoms with Gasteiger partial charge in [0.2, 0.25) is 0 Å². The molecule has 0 amide bonds. The topological polar surface area (TPSA) is 24.1 Å². The fourth-order valence-corrected chi connectivity index (χ4v) is 1.19. The molecule has 0 aromatic heterocycles. The number of nitrogens with one attached hydrogen (secondary N) is 2. The fraction of sp³-hybridized carbons (Fsp3) is 0.333. The molecule has 1 aromatic carbocycles. The van der Waals surface area contributed by atoms with Crippen molar-refractivity contribution in [3.63, 3.8) is 0 Å². The minimum absolute atomic E-state index is 0. The zero-order valence-electron chi connectivity index (χ0n) is 6.68. The van der Waals surface area contributed by atoms with Crippen molar-refractivity contribution in [1.29, 1.82) is 0 Å². The van der Waals surface area contributed by atoms with E-state index in [1.807, 2.05) is 6.07 Å². The number of halogens is 1. The van der Waals surface area contributed by atoms with Crippen LogP contribution in [0.25, 0.3) is 0 Å². The molecule has 2 nitrogen and oxygen atoms in total. The molecular weight excluding hydrogens is 155 g/mol. The molecule has 0 saturated carbocycles. The van der Waals surface area contributed by atoms with Gasteiger partial charge in [-0.2, -0.15) is 0 Å². The first kappa shape index (κ1) is 7.55. The smallest absolute Gasteiger partial charge is 0.146 e. The molecule has 0 radical (unpaired) electrons. The van der Waals surface area contributed by atoms with Gasteiger partial charge in [-0.3, -0.25) is 0 Å². The molecule has 3 heteroatoms. The van der Waals surface area contributed by atoms with E-state index < -0.39 is 0 Å². The Morgan fingerprint density at radius 2 is 2.17 bits per heavy atom. The van der Waals surface area contributed by atoms with Crippen molar-refractivity contribution in [2.45, 2.75) is 6.04 Å². The fourth-order valence-electron chi connectivity index (χ4n) is 1.19. The summed E-state index contributed by atoms with van der Waals surface area (Å²) in [6.07, 6.45) is 0. The van der Waals surface area contributed by atoms with Crippen molar-refractivity contribution in [1.82, 2.24) is 5.32 Å². The van der Waals surface area contributed by atoms with E-state index in [0.29, 0.717) is 11.7 Å². The van der Waals surface area contributed by atoms with Crippen LogP contribution in [0.15, 0.2) is 24.3 Å². The third kappa shape index (κ3) is 1.41. The van der Waals surface area contributed by atoms with Crippen molar-refractivity contribution in [3.05, 3.63) is 30.1 Å². The Morgan fingerprint density at radius 3 is 2.75 bits per heavy atom. The van der Waals surface area contributed by atoms with Gasteiger partial charge in [-0.05, 0) is 12.1 Å². The summed E-state index contributed by atoms with van der Waals surface area (Å²) < 4.78 is 13.0. The highest BCUT2D eigenvalue weighted by atomic mass is 19.1. The predicted molar refractivity (Wildman–Crippen MR) is 48.8 cm³/mol. The van der Waals surface area contributed by atoms with Crippen LogP contribution in [-0.2, 0) is 0 Å². The SMILES string of the molecule is Fc1ccccc1NC1CNC1.[HH]. The molecule has 0 spiro atoms. The summed E-state index contributed by atoms with van der Waals surface area (Å²) in [6.45, 7) is 1.85. The molecule has 2 rings (SSSR count). The van der Waals surface area contributed by atoms with Crippen molar-refractivity contribution in [2.24, 2.45) is 0 Å². The first-order chi connectivity index (χ1) is 5.86. The third-order valence-corrected chi connectivity index (χ3v) is 2.01. The van der Waals surface area contributed by atoms with Gasteiger partial charge in [-0.15, -0.1) is 0 Å². The first-order valence-corrected chi connectivity index (χ1v) is 4.08. The molecular formula is C9H13FN2. The second-order valence-electron chi connectivity index (χ2n) is 2.98. The third-order valence-electron chi connectivity index (χ3n) is 2.01. The van der Waals surface area contributed by atoms with Crippen LogP contribution >= 0.6 is 0 Å². The number of para-hydroxylation sites is 1. The Bertz CT molecular complexity index is 276. The second-order valence-corrected chi connectivity index (χ2v) is 2.98. The van der Waals surface area contributed by atoms with Gasteiger partial charge in [0, 0.05) is 14.5 Å². The maximum Gasteiger partial charge on any atom is 0.146 e. The van der Waals surface area contributed by atoms with Crippen molar-refractivity contribution in [3.8, 4) is 0 Å². The van der Waals surface area contributed by atoms with Crippen LogP contribution < -0.4 is 10.6 Å². The highest BCUT2D eigenvalue weighted by Gasteiger charge is 2.16. The number of hydrogen-bond acceptors (Lipinski definition) is 2. The molecule has 1 aliphatic rings. The second kappa shape index (κ2) is 3.11. The van der Waals surface area contributed by atoms with E-state index in [2.05, 4.69) is 10.6 Å². The van der Waals surface area contributed by atoms with Crippen LogP contribution in [0.1, 0.15) is 1.43 Å². The van der Waals surface area contributed by atoms with Gasteiger partial charge in [0.25, 0.3) is 0 Å². The molecule has 66 valence electrons. The zero-order valence-corrected chi connectivity index (χ0v) is 6.68. The van der Waals surface area contributed by atoms with Crippen LogP contribution in [0, 0.1) is 5.82 Å². The molecule has 1 heterocycles. The van der Waals surface area contributed by atoms with Gasteiger partial charge in [0.15, 0.2) is 0 Å². The molecule has 1 fully saturated rings. The summed E-state index contributed by atoms with van der Waals surface area (Å²) >= 11 is 0. The van der Waals surface area contributed by atoms with Crippen molar-refractivity contribution in [2.75, 3.05) is 18.4 Å². The van der Waals surface area contributed by atoms with E-state index in [1.54, 1.807) is 12.1 Å². The van der Waals surface area contributed by atoms with Crippen LogP contribution in [0.5, 0.6) is 0 Å². The minimum Gasteiger partial charge on any atom is -0.377 e. The van der Waals surface area contributed by atoms with Crippen molar-refractivity contribution < 1.29 is 5.82 Å². The Morgan fingerprint density at radius 1 is 1.42 bits per heavy atom. The van der Waals surface area contributed by atoms with Gasteiger partial charge in [0.05, 0.1) is 11.7 Å². The summed E-state index contributed by atoms with van der Waals surface area (Å²) in [6, 6.07) is 7.14. The largest absolute Gasteiger partial charge is 0.377 e. The summed E-state index contributed by atoms with van der Waals surface area (Å²) in [4.78, 5) is 0. The number of anilines is 1. The molecule has 0 aliphatic carbocycles. The lowest BCUT2D eigenvalue weighted by Gasteiger charge is -2.29. The van der Waals surface area contributed by atoms with E-state index in [1.165, 1.54) is 6.07 Å². The molecule has 2 N–H and O–H groups in total. The van der Waals surface area contributed by atoms with Gasteiger partial charge in [-0.25, -0.2) is 4.39 Å². The molecule has 1 aliphatic heterocycles. The van der Waals surface area contributed by atoms with Gasteiger partial charge in [-0.1, -0.05) is 12.1 Å². The first-order valence-electron chi connectivity index (χ1n) is 4.08. The quantitative estimate of drug-likeness (QED) is 0.698. The molecule has 0 bridgehead atoms. The Kier molecular flexibility index (Phi) is 1.96. The van der Waals surface area contributed by atoms with E-state index in [-0.39, 0.29) is 7.24 Å². The lowest BCUT2D eigenvalue weighted by atomic mass is 10.1. The molecule has 0 unspecified atom stereocenters. The maximum absolute atomic E-state index is 13.0. The van der Waals surface area contributed by atoms with Crippen LogP contribution in [-0.4, -0.2) is 19.1 Å². The Labute approximate surface area is 72.3 Å². The van der Waals surface area contributed by atoms with E-state index in [0.717, 1.165) is 13.1 Å². The Hall–Kier alpha value is -1.09. The van der Waals surface area contributed by atoms with E-state index in [9.17, 15) is 4.39 Å². The molecule has 1 aromatic rings. The van der Waals surface area contributed by atoms with E-state index >= 15 is 0 Å². The zero-order chi connectivity index (χ0) is 8.39. The highest BCUT2D eigenvalue weighted by molar-refractivity contribution is 5.45. The van der Waals surface area contributed by atoms with Gasteiger partial charge >= 0.3 is 0 Å². The van der Waals surface area contributed by atoms with E-state index in [4.69, 9.17) is 0 Å². The average Bonchev–Trinajstić information content (AvgIpc) is 2.00. The van der Waals surface area contributed by atoms with Crippen LogP contribution in [0.2, 0.25) is 0 Å². The monoisotopic (exact) mass is 168 g/mol. The van der Waals surface area contributed by atoms with Crippen molar-refractivity contribution >= 4 is 5.69 Å². The van der Waals surface area contributed by atoms with Crippen LogP contribution in [0.4, 0.5) is 10.1 Å². The summed E-state index contributed by atoms with van der Waals surface area (Å²) in [7, 11) is 0. The number of benzene rings is 1. The van der Waals surface area contributed by atoms with Gasteiger partial charge in [0.1, 0.15) is 5.82 Å². The summed E-state index contributed by atoms with van der Waals surface area (Å²) in [5.41, 5.74) is 0.601. The number of hydrogen-bond donors (Lipinski definition) is 2. The van der Waals surface area contributed by atoms with Gasteiger partial charge < -0.3 is 10.6 Å². The Balaban J connectivity index is 0.000000845.